The van der Waals surface area contributed by atoms with Crippen LogP contribution in [0.5, 0.6) is 0 Å². The number of piperidine rings is 1. The number of carbonyl (C=O) groups excluding carboxylic acids is 1. The maximum absolute atomic E-state index is 13.5. The summed E-state index contributed by atoms with van der Waals surface area (Å²) in [6.07, 6.45) is 3.35. The van der Waals surface area contributed by atoms with Crippen molar-refractivity contribution in [1.82, 2.24) is 4.90 Å². The minimum Gasteiger partial charge on any atom is -0.337 e. The van der Waals surface area contributed by atoms with Gasteiger partial charge < -0.3 is 4.90 Å². The number of nitriles is 1. The van der Waals surface area contributed by atoms with Crippen LogP contribution in [0.4, 0.5) is 4.39 Å². The van der Waals surface area contributed by atoms with Crippen molar-refractivity contribution in [3.05, 3.63) is 35.4 Å². The van der Waals surface area contributed by atoms with Crippen molar-refractivity contribution in [2.75, 3.05) is 0 Å². The fourth-order valence-corrected chi connectivity index (χ4v) is 3.64. The minimum absolute atomic E-state index is 0.118. The second-order valence-corrected chi connectivity index (χ2v) is 6.06. The lowest BCUT2D eigenvalue weighted by Gasteiger charge is -2.36. The number of aryl methyl sites for hydroxylation is 1. The topological polar surface area (TPSA) is 44.1 Å². The molecule has 2 bridgehead atoms. The molecule has 3 nitrogen and oxygen atoms in total. The highest BCUT2D eigenvalue weighted by Gasteiger charge is 2.42. The van der Waals surface area contributed by atoms with Gasteiger partial charge in [0, 0.05) is 18.5 Å². The summed E-state index contributed by atoms with van der Waals surface area (Å²) in [6.45, 7) is 0. The summed E-state index contributed by atoms with van der Waals surface area (Å²) in [5.41, 5.74) is 1.70. The molecule has 1 amide bonds. The molecule has 0 radical (unpaired) electrons. The van der Waals surface area contributed by atoms with E-state index in [0.29, 0.717) is 31.2 Å². The standard InChI is InChI=1S/C17H19FN2O/c18-14-9-15-6-7-16(10-14)20(15)17(21)8-5-12-1-3-13(11-19)4-2-12/h1-4,14-16H,5-10H2. The Kier molecular flexibility index (Phi) is 3.92. The summed E-state index contributed by atoms with van der Waals surface area (Å²) in [6, 6.07) is 9.67. The molecule has 21 heavy (non-hydrogen) atoms. The second kappa shape index (κ2) is 5.85. The van der Waals surface area contributed by atoms with E-state index >= 15 is 0 Å². The highest BCUT2D eigenvalue weighted by Crippen LogP contribution is 2.37. The molecule has 110 valence electrons. The van der Waals surface area contributed by atoms with Crippen LogP contribution < -0.4 is 0 Å². The zero-order chi connectivity index (χ0) is 14.8. The van der Waals surface area contributed by atoms with E-state index in [1.807, 2.05) is 17.0 Å². The number of halogens is 1. The first kappa shape index (κ1) is 14.1. The molecule has 1 aromatic carbocycles. The lowest BCUT2D eigenvalue weighted by Crippen LogP contribution is -2.47. The van der Waals surface area contributed by atoms with E-state index < -0.39 is 6.17 Å². The molecule has 0 aliphatic carbocycles. The number of rotatable bonds is 3. The van der Waals surface area contributed by atoms with Crippen molar-refractivity contribution in [2.45, 2.75) is 56.8 Å². The van der Waals surface area contributed by atoms with Gasteiger partial charge in [0.1, 0.15) is 6.17 Å². The number of amides is 1. The first-order chi connectivity index (χ1) is 10.2. The molecule has 2 aliphatic rings. The summed E-state index contributed by atoms with van der Waals surface area (Å²) in [7, 11) is 0. The van der Waals surface area contributed by atoms with Gasteiger partial charge in [0.15, 0.2) is 0 Å². The Morgan fingerprint density at radius 1 is 1.24 bits per heavy atom. The molecule has 2 saturated heterocycles. The van der Waals surface area contributed by atoms with Crippen LogP contribution in [0.1, 0.15) is 43.2 Å². The maximum atomic E-state index is 13.5. The van der Waals surface area contributed by atoms with Crippen LogP contribution in [-0.2, 0) is 11.2 Å². The summed E-state index contributed by atoms with van der Waals surface area (Å²) in [5.74, 6) is 0.152. The molecule has 3 rings (SSSR count). The SMILES string of the molecule is N#Cc1ccc(CCC(=O)N2C3CCC2CC(F)C3)cc1. The Balaban J connectivity index is 1.58. The summed E-state index contributed by atoms with van der Waals surface area (Å²) in [4.78, 5) is 14.4. The van der Waals surface area contributed by atoms with Gasteiger partial charge in [0.2, 0.25) is 5.91 Å². The molecule has 0 spiro atoms. The van der Waals surface area contributed by atoms with E-state index in [4.69, 9.17) is 5.26 Å². The summed E-state index contributed by atoms with van der Waals surface area (Å²) < 4.78 is 13.5. The molecule has 2 aliphatic heterocycles. The predicted molar refractivity (Wildman–Crippen MR) is 77.3 cm³/mol. The maximum Gasteiger partial charge on any atom is 0.223 e. The number of carbonyl (C=O) groups is 1. The van der Waals surface area contributed by atoms with Crippen molar-refractivity contribution in [3.8, 4) is 6.07 Å². The first-order valence-electron chi connectivity index (χ1n) is 7.61. The molecular formula is C17H19FN2O. The molecule has 0 aromatic heterocycles. The average Bonchev–Trinajstić information content (AvgIpc) is 2.77. The molecule has 2 unspecified atom stereocenters. The Labute approximate surface area is 124 Å². The van der Waals surface area contributed by atoms with Crippen LogP contribution in [0.25, 0.3) is 0 Å². The Hall–Kier alpha value is -1.89. The van der Waals surface area contributed by atoms with Crippen molar-refractivity contribution in [2.24, 2.45) is 0 Å². The van der Waals surface area contributed by atoms with E-state index in [-0.39, 0.29) is 18.0 Å². The zero-order valence-electron chi connectivity index (χ0n) is 12.0. The molecular weight excluding hydrogens is 267 g/mol. The highest BCUT2D eigenvalue weighted by atomic mass is 19.1. The molecule has 0 N–H and O–H groups in total. The lowest BCUT2D eigenvalue weighted by atomic mass is 9.99. The number of fused-ring (bicyclic) bond motifs is 2. The van der Waals surface area contributed by atoms with Crippen LogP contribution in [0, 0.1) is 11.3 Å². The molecule has 2 fully saturated rings. The largest absolute Gasteiger partial charge is 0.337 e. The third kappa shape index (κ3) is 2.92. The zero-order valence-corrected chi connectivity index (χ0v) is 12.0. The van der Waals surface area contributed by atoms with Gasteiger partial charge in [-0.15, -0.1) is 0 Å². The van der Waals surface area contributed by atoms with Crippen LogP contribution >= 0.6 is 0 Å². The Morgan fingerprint density at radius 2 is 1.86 bits per heavy atom. The summed E-state index contributed by atoms with van der Waals surface area (Å²) >= 11 is 0. The lowest BCUT2D eigenvalue weighted by molar-refractivity contribution is -0.136. The molecule has 2 heterocycles. The number of nitrogens with zero attached hydrogens (tertiary/aromatic N) is 2. The van der Waals surface area contributed by atoms with Crippen LogP contribution in [0.2, 0.25) is 0 Å². The normalized spacial score (nSPS) is 27.4. The predicted octanol–water partition coefficient (Wildman–Crippen LogP) is 2.98. The van der Waals surface area contributed by atoms with Crippen LogP contribution in [0.15, 0.2) is 24.3 Å². The van der Waals surface area contributed by atoms with Gasteiger partial charge in [-0.25, -0.2) is 4.39 Å². The van der Waals surface area contributed by atoms with Gasteiger partial charge in [-0.05, 0) is 49.8 Å². The van der Waals surface area contributed by atoms with Gasteiger partial charge >= 0.3 is 0 Å². The van der Waals surface area contributed by atoms with Gasteiger partial charge in [-0.1, -0.05) is 12.1 Å². The first-order valence-corrected chi connectivity index (χ1v) is 7.61. The van der Waals surface area contributed by atoms with Crippen molar-refractivity contribution in [1.29, 1.82) is 5.26 Å². The fourth-order valence-electron chi connectivity index (χ4n) is 3.64. The number of hydrogen-bond donors (Lipinski definition) is 0. The van der Waals surface area contributed by atoms with Crippen LogP contribution in [0.3, 0.4) is 0 Å². The fraction of sp³-hybridized carbons (Fsp3) is 0.529. The molecule has 4 heteroatoms. The Bertz CT molecular complexity index is 549. The Morgan fingerprint density at radius 3 is 2.43 bits per heavy atom. The monoisotopic (exact) mass is 286 g/mol. The highest BCUT2D eigenvalue weighted by molar-refractivity contribution is 5.77. The van der Waals surface area contributed by atoms with Crippen molar-refractivity contribution in [3.63, 3.8) is 0 Å². The van der Waals surface area contributed by atoms with Crippen LogP contribution in [-0.4, -0.2) is 29.1 Å². The number of benzene rings is 1. The van der Waals surface area contributed by atoms with E-state index in [1.54, 1.807) is 12.1 Å². The van der Waals surface area contributed by atoms with E-state index in [9.17, 15) is 9.18 Å². The minimum atomic E-state index is -0.731. The molecule has 0 saturated carbocycles. The van der Waals surface area contributed by atoms with E-state index in [2.05, 4.69) is 6.07 Å². The number of alkyl halides is 1. The molecule has 2 atom stereocenters. The third-order valence-electron chi connectivity index (χ3n) is 4.67. The summed E-state index contributed by atoms with van der Waals surface area (Å²) in [5, 5.41) is 8.76. The van der Waals surface area contributed by atoms with Gasteiger partial charge in [0.05, 0.1) is 11.6 Å². The van der Waals surface area contributed by atoms with E-state index in [0.717, 1.165) is 18.4 Å². The average molecular weight is 286 g/mol. The van der Waals surface area contributed by atoms with Gasteiger partial charge in [-0.2, -0.15) is 5.26 Å². The van der Waals surface area contributed by atoms with Crippen molar-refractivity contribution >= 4 is 5.91 Å². The molecule has 1 aromatic rings. The smallest absolute Gasteiger partial charge is 0.223 e. The number of hydrogen-bond acceptors (Lipinski definition) is 2. The third-order valence-corrected chi connectivity index (χ3v) is 4.67. The second-order valence-electron chi connectivity index (χ2n) is 6.06. The van der Waals surface area contributed by atoms with Gasteiger partial charge in [0.25, 0.3) is 0 Å². The van der Waals surface area contributed by atoms with Crippen molar-refractivity contribution < 1.29 is 9.18 Å². The van der Waals surface area contributed by atoms with E-state index in [1.165, 1.54) is 0 Å². The van der Waals surface area contributed by atoms with Gasteiger partial charge in [-0.3, -0.25) is 4.79 Å². The quantitative estimate of drug-likeness (QED) is 0.857.